The predicted octanol–water partition coefficient (Wildman–Crippen LogP) is 4.11. The second kappa shape index (κ2) is 8.23. The highest BCUT2D eigenvalue weighted by Gasteiger charge is 2.04. The summed E-state index contributed by atoms with van der Waals surface area (Å²) in [6.07, 6.45) is 1.62. The lowest BCUT2D eigenvalue weighted by Gasteiger charge is -2.10. The molecule has 0 aliphatic heterocycles. The number of benzene rings is 2. The Hall–Kier alpha value is -2.29. The lowest BCUT2D eigenvalue weighted by molar-refractivity contribution is 0.137. The van der Waals surface area contributed by atoms with Gasteiger partial charge in [-0.1, -0.05) is 54.6 Å². The summed E-state index contributed by atoms with van der Waals surface area (Å²) in [5.41, 5.74) is 3.61. The van der Waals surface area contributed by atoms with Crippen molar-refractivity contribution in [1.82, 2.24) is 5.32 Å². The van der Waals surface area contributed by atoms with Crippen LogP contribution in [0.4, 0.5) is 4.79 Å². The van der Waals surface area contributed by atoms with E-state index in [0.29, 0.717) is 6.61 Å². The molecule has 0 spiro atoms. The number of nitrogens with one attached hydrogen (secondary N) is 1. The van der Waals surface area contributed by atoms with Crippen molar-refractivity contribution >= 4 is 6.09 Å². The minimum atomic E-state index is -0.371. The first-order valence-corrected chi connectivity index (χ1v) is 7.68. The molecular weight excluding hydrogens is 274 g/mol. The Morgan fingerprint density at radius 3 is 2.32 bits per heavy atom. The number of rotatable bonds is 6. The molecular formula is C19H23NO2. The smallest absolute Gasteiger partial charge is 0.407 e. The number of carbonyl (C=O) groups is 1. The summed E-state index contributed by atoms with van der Waals surface area (Å²) in [7, 11) is 0. The van der Waals surface area contributed by atoms with Crippen LogP contribution in [-0.2, 0) is 24.2 Å². The Morgan fingerprint density at radius 2 is 1.59 bits per heavy atom. The van der Waals surface area contributed by atoms with Crippen LogP contribution in [0, 0.1) is 0 Å². The number of hydrogen-bond acceptors (Lipinski definition) is 2. The van der Waals surface area contributed by atoms with E-state index in [1.54, 1.807) is 0 Å². The lowest BCUT2D eigenvalue weighted by Crippen LogP contribution is -2.30. The highest BCUT2D eigenvalue weighted by atomic mass is 16.5. The Balaban J connectivity index is 1.86. The largest absolute Gasteiger partial charge is 0.445 e. The first kappa shape index (κ1) is 16.1. The van der Waals surface area contributed by atoms with Gasteiger partial charge in [-0.2, -0.15) is 0 Å². The van der Waals surface area contributed by atoms with Crippen LogP contribution >= 0.6 is 0 Å². The summed E-state index contributed by atoms with van der Waals surface area (Å²) in [6, 6.07) is 18.7. The summed E-state index contributed by atoms with van der Waals surface area (Å²) in [6.45, 7) is 4.12. The van der Waals surface area contributed by atoms with Crippen molar-refractivity contribution in [1.29, 1.82) is 0 Å². The van der Waals surface area contributed by atoms with Crippen LogP contribution < -0.4 is 5.32 Å². The maximum Gasteiger partial charge on any atom is 0.407 e. The predicted molar refractivity (Wildman–Crippen MR) is 88.7 cm³/mol. The first-order valence-electron chi connectivity index (χ1n) is 7.68. The van der Waals surface area contributed by atoms with Crippen LogP contribution in [0.2, 0.25) is 0 Å². The molecule has 0 heterocycles. The number of hydrogen-bond donors (Lipinski definition) is 1. The third-order valence-electron chi connectivity index (χ3n) is 3.31. The third kappa shape index (κ3) is 5.60. The average Bonchev–Trinajstić information content (AvgIpc) is 2.52. The molecule has 0 atom stereocenters. The van der Waals surface area contributed by atoms with Gasteiger partial charge in [0.15, 0.2) is 0 Å². The molecule has 3 heteroatoms. The van der Waals surface area contributed by atoms with E-state index in [1.807, 2.05) is 32.0 Å². The molecule has 22 heavy (non-hydrogen) atoms. The molecule has 3 nitrogen and oxygen atoms in total. The molecule has 0 radical (unpaired) electrons. The molecule has 0 bridgehead atoms. The second-order valence-corrected chi connectivity index (χ2v) is 5.68. The fourth-order valence-corrected chi connectivity index (χ4v) is 2.23. The maximum atomic E-state index is 11.5. The molecule has 116 valence electrons. The molecule has 0 aliphatic carbocycles. The van der Waals surface area contributed by atoms with Crippen molar-refractivity contribution < 1.29 is 9.53 Å². The zero-order valence-corrected chi connectivity index (χ0v) is 13.2. The Bertz CT molecular complexity index is 593. The van der Waals surface area contributed by atoms with Gasteiger partial charge in [-0.3, -0.25) is 0 Å². The van der Waals surface area contributed by atoms with Gasteiger partial charge in [0, 0.05) is 6.04 Å². The normalized spacial score (nSPS) is 10.5. The van der Waals surface area contributed by atoms with Gasteiger partial charge < -0.3 is 10.1 Å². The van der Waals surface area contributed by atoms with Gasteiger partial charge in [0.2, 0.25) is 0 Å². The molecule has 0 aromatic heterocycles. The molecule has 1 N–H and O–H groups in total. The van der Waals surface area contributed by atoms with Crippen molar-refractivity contribution in [2.75, 3.05) is 0 Å². The van der Waals surface area contributed by atoms with Gasteiger partial charge in [-0.15, -0.1) is 0 Å². The van der Waals surface area contributed by atoms with E-state index < -0.39 is 0 Å². The molecule has 2 rings (SSSR count). The monoisotopic (exact) mass is 297 g/mol. The van der Waals surface area contributed by atoms with Crippen LogP contribution in [0.1, 0.15) is 30.5 Å². The van der Waals surface area contributed by atoms with Gasteiger partial charge >= 0.3 is 6.09 Å². The van der Waals surface area contributed by atoms with Crippen molar-refractivity contribution in [3.63, 3.8) is 0 Å². The fourth-order valence-electron chi connectivity index (χ4n) is 2.23. The van der Waals surface area contributed by atoms with Crippen molar-refractivity contribution in [3.8, 4) is 0 Å². The minimum Gasteiger partial charge on any atom is -0.445 e. The van der Waals surface area contributed by atoms with Crippen molar-refractivity contribution in [3.05, 3.63) is 71.3 Å². The number of carbonyl (C=O) groups excluding carboxylic acids is 1. The summed E-state index contributed by atoms with van der Waals surface area (Å²) in [5.74, 6) is 0. The van der Waals surface area contributed by atoms with Crippen LogP contribution in [0.5, 0.6) is 0 Å². The lowest BCUT2D eigenvalue weighted by atomic mass is 10.0. The molecule has 0 fully saturated rings. The third-order valence-corrected chi connectivity index (χ3v) is 3.31. The Morgan fingerprint density at radius 1 is 0.955 bits per heavy atom. The van der Waals surface area contributed by atoms with Crippen molar-refractivity contribution in [2.24, 2.45) is 0 Å². The van der Waals surface area contributed by atoms with Gasteiger partial charge in [0.1, 0.15) is 6.61 Å². The number of amides is 1. The number of ether oxygens (including phenoxy) is 1. The Labute approximate surface area is 132 Å². The van der Waals surface area contributed by atoms with Crippen LogP contribution in [-0.4, -0.2) is 12.1 Å². The van der Waals surface area contributed by atoms with E-state index in [-0.39, 0.29) is 12.1 Å². The van der Waals surface area contributed by atoms with Crippen LogP contribution in [0.15, 0.2) is 54.6 Å². The first-order chi connectivity index (χ1) is 10.6. The SMILES string of the molecule is CC(C)NC(=O)OCc1cccc(CCc2ccccc2)c1. The quantitative estimate of drug-likeness (QED) is 0.871. The summed E-state index contributed by atoms with van der Waals surface area (Å²) < 4.78 is 5.21. The van der Waals surface area contributed by atoms with Gasteiger partial charge in [-0.25, -0.2) is 4.79 Å². The molecule has 2 aromatic rings. The molecule has 1 amide bonds. The molecule has 0 unspecified atom stereocenters. The highest BCUT2D eigenvalue weighted by molar-refractivity contribution is 5.67. The van der Waals surface area contributed by atoms with Crippen molar-refractivity contribution in [2.45, 2.75) is 39.3 Å². The fraction of sp³-hybridized carbons (Fsp3) is 0.316. The summed E-state index contributed by atoms with van der Waals surface area (Å²) in [4.78, 5) is 11.5. The van der Waals surface area contributed by atoms with E-state index in [0.717, 1.165) is 18.4 Å². The maximum absolute atomic E-state index is 11.5. The van der Waals surface area contributed by atoms with E-state index in [9.17, 15) is 4.79 Å². The number of aryl methyl sites for hydroxylation is 2. The zero-order chi connectivity index (χ0) is 15.8. The van der Waals surface area contributed by atoms with Crippen LogP contribution in [0.25, 0.3) is 0 Å². The van der Waals surface area contributed by atoms with Gasteiger partial charge in [0.05, 0.1) is 0 Å². The standard InChI is InChI=1S/C19H23NO2/c1-15(2)20-19(21)22-14-18-10-6-9-17(13-18)12-11-16-7-4-3-5-8-16/h3-10,13,15H,11-12,14H2,1-2H3,(H,20,21). The topological polar surface area (TPSA) is 38.3 Å². The van der Waals surface area contributed by atoms with E-state index in [1.165, 1.54) is 11.1 Å². The van der Waals surface area contributed by atoms with Gasteiger partial charge in [-0.05, 0) is 43.4 Å². The zero-order valence-electron chi connectivity index (χ0n) is 13.2. The molecule has 0 saturated heterocycles. The average molecular weight is 297 g/mol. The number of alkyl carbamates (subject to hydrolysis) is 1. The van der Waals surface area contributed by atoms with E-state index >= 15 is 0 Å². The second-order valence-electron chi connectivity index (χ2n) is 5.68. The highest BCUT2D eigenvalue weighted by Crippen LogP contribution is 2.11. The molecule has 0 saturated carbocycles. The summed E-state index contributed by atoms with van der Waals surface area (Å²) in [5, 5.41) is 2.71. The minimum absolute atomic E-state index is 0.0877. The molecule has 2 aromatic carbocycles. The van der Waals surface area contributed by atoms with Crippen LogP contribution in [0.3, 0.4) is 0 Å². The Kier molecular flexibility index (Phi) is 6.01. The van der Waals surface area contributed by atoms with E-state index in [2.05, 4.69) is 41.7 Å². The molecule has 0 aliphatic rings. The van der Waals surface area contributed by atoms with Gasteiger partial charge in [0.25, 0.3) is 0 Å². The summed E-state index contributed by atoms with van der Waals surface area (Å²) >= 11 is 0. The van der Waals surface area contributed by atoms with E-state index in [4.69, 9.17) is 4.74 Å².